The van der Waals surface area contributed by atoms with Gasteiger partial charge >= 0.3 is 0 Å². The molecule has 5 N–H and O–H groups in total. The number of β-amino-alcohol motifs (C(OH)–C–C–N with tert-alkyl or cyclic N) is 1. The number of aryl methyl sites for hydroxylation is 2. The fraction of sp³-hybridized carbons (Fsp3) is 0.333. The molecule has 0 radical (unpaired) electrons. The van der Waals surface area contributed by atoms with Crippen LogP contribution in [0.2, 0.25) is 0 Å². The molecule has 180 valence electrons. The van der Waals surface area contributed by atoms with Crippen LogP contribution < -0.4 is 10.6 Å². The van der Waals surface area contributed by atoms with Crippen molar-refractivity contribution in [2.45, 2.75) is 52.2 Å². The third kappa shape index (κ3) is 7.57. The SMILES string of the molecule is Cc1cc(C)nc(NC(=O)Cc2cccc(CC(C)(C)NCC(O)c3cc(O)cc(O)c3)c2)c1. The molecule has 1 heterocycles. The minimum atomic E-state index is -0.883. The van der Waals surface area contributed by atoms with E-state index in [4.69, 9.17) is 0 Å². The van der Waals surface area contributed by atoms with Crippen LogP contribution in [0, 0.1) is 13.8 Å². The third-order valence-electron chi connectivity index (χ3n) is 5.45. The van der Waals surface area contributed by atoms with E-state index in [0.29, 0.717) is 17.8 Å². The normalized spacial score (nSPS) is 12.4. The average Bonchev–Trinajstić information content (AvgIpc) is 2.70. The molecule has 1 amide bonds. The molecule has 3 aromatic rings. The van der Waals surface area contributed by atoms with Gasteiger partial charge in [0.1, 0.15) is 17.3 Å². The first-order chi connectivity index (χ1) is 16.0. The van der Waals surface area contributed by atoms with Gasteiger partial charge in [0.15, 0.2) is 0 Å². The molecule has 0 saturated heterocycles. The number of aromatic nitrogens is 1. The fourth-order valence-corrected chi connectivity index (χ4v) is 4.00. The van der Waals surface area contributed by atoms with E-state index in [9.17, 15) is 20.1 Å². The average molecular weight is 464 g/mol. The number of phenols is 2. The molecule has 0 saturated carbocycles. The van der Waals surface area contributed by atoms with Gasteiger partial charge < -0.3 is 26.0 Å². The van der Waals surface area contributed by atoms with Gasteiger partial charge in [0.25, 0.3) is 0 Å². The summed E-state index contributed by atoms with van der Waals surface area (Å²) in [7, 11) is 0. The van der Waals surface area contributed by atoms with Crippen molar-refractivity contribution in [3.05, 3.63) is 82.5 Å². The van der Waals surface area contributed by atoms with Gasteiger partial charge in [-0.3, -0.25) is 4.79 Å². The Balaban J connectivity index is 1.58. The van der Waals surface area contributed by atoms with Crippen molar-refractivity contribution < 1.29 is 20.1 Å². The predicted molar refractivity (Wildman–Crippen MR) is 133 cm³/mol. The van der Waals surface area contributed by atoms with E-state index in [1.807, 2.05) is 64.1 Å². The summed E-state index contributed by atoms with van der Waals surface area (Å²) < 4.78 is 0. The molecule has 1 unspecified atom stereocenters. The van der Waals surface area contributed by atoms with E-state index >= 15 is 0 Å². The molecule has 0 fully saturated rings. The molecular formula is C27H33N3O4. The zero-order chi connectivity index (χ0) is 24.9. The number of nitrogens with zero attached hydrogens (tertiary/aromatic N) is 1. The van der Waals surface area contributed by atoms with E-state index in [2.05, 4.69) is 15.6 Å². The fourth-order valence-electron chi connectivity index (χ4n) is 4.00. The van der Waals surface area contributed by atoms with Crippen LogP contribution >= 0.6 is 0 Å². The lowest BCUT2D eigenvalue weighted by Crippen LogP contribution is -2.43. The van der Waals surface area contributed by atoms with Crippen molar-refractivity contribution in [1.29, 1.82) is 0 Å². The molecule has 0 aliphatic rings. The second kappa shape index (κ2) is 10.7. The van der Waals surface area contributed by atoms with E-state index in [1.165, 1.54) is 18.2 Å². The van der Waals surface area contributed by atoms with Crippen molar-refractivity contribution in [2.75, 3.05) is 11.9 Å². The summed E-state index contributed by atoms with van der Waals surface area (Å²) in [5.74, 6) is 0.247. The number of aromatic hydroxyl groups is 2. The van der Waals surface area contributed by atoms with Crippen LogP contribution in [0.3, 0.4) is 0 Å². The quantitative estimate of drug-likeness (QED) is 0.328. The minimum absolute atomic E-state index is 0.0949. The van der Waals surface area contributed by atoms with Gasteiger partial charge in [-0.05, 0) is 80.6 Å². The standard InChI is InChI=1S/C27H33N3O4/c1-17-8-18(2)29-25(9-17)30-26(34)11-19-6-5-7-20(10-19)15-27(3,4)28-16-24(33)21-12-22(31)14-23(32)13-21/h5-10,12-14,24,28,31-33H,11,15-16H2,1-4H3,(H,29,30,34). The zero-order valence-electron chi connectivity index (χ0n) is 20.1. The van der Waals surface area contributed by atoms with Gasteiger partial charge in [-0.2, -0.15) is 0 Å². The number of amides is 1. The van der Waals surface area contributed by atoms with Crippen molar-refractivity contribution in [2.24, 2.45) is 0 Å². The highest BCUT2D eigenvalue weighted by Gasteiger charge is 2.21. The van der Waals surface area contributed by atoms with Gasteiger partial charge in [0, 0.05) is 23.8 Å². The maximum absolute atomic E-state index is 12.5. The van der Waals surface area contributed by atoms with Crippen molar-refractivity contribution in [3.8, 4) is 11.5 Å². The number of rotatable bonds is 9. The maximum Gasteiger partial charge on any atom is 0.229 e. The Labute approximate surface area is 200 Å². The number of carbonyl (C=O) groups excluding carboxylic acids is 1. The summed E-state index contributed by atoms with van der Waals surface area (Å²) in [6, 6.07) is 15.8. The number of anilines is 1. The van der Waals surface area contributed by atoms with Gasteiger partial charge in [-0.15, -0.1) is 0 Å². The zero-order valence-corrected chi connectivity index (χ0v) is 20.1. The van der Waals surface area contributed by atoms with Crippen molar-refractivity contribution in [3.63, 3.8) is 0 Å². The summed E-state index contributed by atoms with van der Waals surface area (Å²) in [6.45, 7) is 8.18. The van der Waals surface area contributed by atoms with Crippen LogP contribution in [0.25, 0.3) is 0 Å². The molecule has 0 spiro atoms. The number of carbonyl (C=O) groups is 1. The van der Waals surface area contributed by atoms with Crippen LogP contribution in [0.1, 0.15) is 47.9 Å². The number of aliphatic hydroxyl groups is 1. The second-order valence-electron chi connectivity index (χ2n) is 9.46. The smallest absolute Gasteiger partial charge is 0.229 e. The van der Waals surface area contributed by atoms with E-state index < -0.39 is 6.10 Å². The van der Waals surface area contributed by atoms with Crippen LogP contribution in [0.5, 0.6) is 11.5 Å². The number of phenolic OH excluding ortho intramolecular Hbond substituents is 2. The maximum atomic E-state index is 12.5. The number of hydrogen-bond donors (Lipinski definition) is 5. The molecule has 34 heavy (non-hydrogen) atoms. The molecule has 3 rings (SSSR count). The summed E-state index contributed by atoms with van der Waals surface area (Å²) in [6.07, 6.45) is 0.0426. The van der Waals surface area contributed by atoms with Gasteiger partial charge in [-0.1, -0.05) is 24.3 Å². The number of nitrogens with one attached hydrogen (secondary N) is 2. The van der Waals surface area contributed by atoms with E-state index in [-0.39, 0.29) is 35.9 Å². The molecule has 7 heteroatoms. The Bertz CT molecular complexity index is 1120. The Morgan fingerprint density at radius 2 is 1.68 bits per heavy atom. The van der Waals surface area contributed by atoms with Crippen LogP contribution in [-0.4, -0.2) is 38.3 Å². The lowest BCUT2D eigenvalue weighted by atomic mass is 9.93. The molecule has 7 nitrogen and oxygen atoms in total. The second-order valence-corrected chi connectivity index (χ2v) is 9.46. The number of benzene rings is 2. The summed E-state index contributed by atoms with van der Waals surface area (Å²) in [5.41, 5.74) is 3.97. The van der Waals surface area contributed by atoms with Crippen molar-refractivity contribution in [1.82, 2.24) is 10.3 Å². The summed E-state index contributed by atoms with van der Waals surface area (Å²) in [5, 5.41) is 36.0. The topological polar surface area (TPSA) is 115 Å². The molecular weight excluding hydrogens is 430 g/mol. The molecule has 1 atom stereocenters. The molecule has 0 aliphatic carbocycles. The Morgan fingerprint density at radius 1 is 1.00 bits per heavy atom. The molecule has 2 aromatic carbocycles. The summed E-state index contributed by atoms with van der Waals surface area (Å²) in [4.78, 5) is 16.9. The van der Waals surface area contributed by atoms with Crippen LogP contribution in [0.15, 0.2) is 54.6 Å². The monoisotopic (exact) mass is 463 g/mol. The summed E-state index contributed by atoms with van der Waals surface area (Å²) >= 11 is 0. The molecule has 1 aromatic heterocycles. The predicted octanol–water partition coefficient (Wildman–Crippen LogP) is 3.94. The minimum Gasteiger partial charge on any atom is -0.508 e. The van der Waals surface area contributed by atoms with Gasteiger partial charge in [0.05, 0.1) is 12.5 Å². The van der Waals surface area contributed by atoms with E-state index in [1.54, 1.807) is 0 Å². The molecule has 0 bridgehead atoms. The first-order valence-corrected chi connectivity index (χ1v) is 11.3. The van der Waals surface area contributed by atoms with Gasteiger partial charge in [-0.25, -0.2) is 4.98 Å². The van der Waals surface area contributed by atoms with Crippen LogP contribution in [0.4, 0.5) is 5.82 Å². The highest BCUT2D eigenvalue weighted by atomic mass is 16.3. The molecule has 0 aliphatic heterocycles. The largest absolute Gasteiger partial charge is 0.508 e. The number of aliphatic hydroxyl groups excluding tert-OH is 1. The number of pyridine rings is 1. The Morgan fingerprint density at radius 3 is 2.35 bits per heavy atom. The highest BCUT2D eigenvalue weighted by Crippen LogP contribution is 2.25. The Kier molecular flexibility index (Phi) is 7.91. The number of hydrogen-bond acceptors (Lipinski definition) is 6. The van der Waals surface area contributed by atoms with Gasteiger partial charge in [0.2, 0.25) is 5.91 Å². The first-order valence-electron chi connectivity index (χ1n) is 11.3. The first kappa shape index (κ1) is 25.2. The lowest BCUT2D eigenvalue weighted by molar-refractivity contribution is -0.115. The Hall–Kier alpha value is -3.42. The third-order valence-corrected chi connectivity index (χ3v) is 5.45. The van der Waals surface area contributed by atoms with Crippen LogP contribution in [-0.2, 0) is 17.6 Å². The lowest BCUT2D eigenvalue weighted by Gasteiger charge is -2.28. The highest BCUT2D eigenvalue weighted by molar-refractivity contribution is 5.91. The van der Waals surface area contributed by atoms with E-state index in [0.717, 1.165) is 22.4 Å². The van der Waals surface area contributed by atoms with Crippen molar-refractivity contribution >= 4 is 11.7 Å².